The minimum Gasteiger partial charge on any atom is -0.497 e. The highest BCUT2D eigenvalue weighted by Crippen LogP contribution is 2.42. The molecule has 0 saturated carbocycles. The van der Waals surface area contributed by atoms with Crippen LogP contribution < -0.4 is 9.47 Å². The number of carbonyl (C=O) groups is 1. The molecule has 1 unspecified atom stereocenters. The minimum atomic E-state index is -0.790. The molecule has 0 aliphatic heterocycles. The van der Waals surface area contributed by atoms with E-state index in [9.17, 15) is 4.79 Å². The molecular weight excluding hydrogens is 208 g/mol. The Bertz CT molecular complexity index is 425. The highest BCUT2D eigenvalue weighted by Gasteiger charge is 2.32. The lowest BCUT2D eigenvalue weighted by atomic mass is 10.0. The van der Waals surface area contributed by atoms with Gasteiger partial charge in [-0.05, 0) is 24.5 Å². The van der Waals surface area contributed by atoms with Crippen LogP contribution in [0.1, 0.15) is 23.5 Å². The number of methoxy groups -OCH3 is 2. The molecule has 0 spiro atoms. The number of benzene rings is 1. The van der Waals surface area contributed by atoms with Crippen molar-refractivity contribution in [3.63, 3.8) is 0 Å². The van der Waals surface area contributed by atoms with Gasteiger partial charge in [-0.2, -0.15) is 0 Å². The fraction of sp³-hybridized carbons (Fsp3) is 0.417. The summed E-state index contributed by atoms with van der Waals surface area (Å²) >= 11 is 0. The molecular formula is C12H14O4. The van der Waals surface area contributed by atoms with Gasteiger partial charge in [0.2, 0.25) is 0 Å². The molecule has 0 bridgehead atoms. The molecule has 1 N–H and O–H groups in total. The Morgan fingerprint density at radius 3 is 2.69 bits per heavy atom. The van der Waals surface area contributed by atoms with Crippen LogP contribution in [-0.2, 0) is 11.2 Å². The second-order valence-electron chi connectivity index (χ2n) is 3.83. The Balaban J connectivity index is 2.52. The van der Waals surface area contributed by atoms with E-state index in [0.717, 1.165) is 17.5 Å². The Morgan fingerprint density at radius 2 is 2.12 bits per heavy atom. The number of hydrogen-bond acceptors (Lipinski definition) is 3. The Kier molecular flexibility index (Phi) is 2.73. The SMILES string of the molecule is COc1cc2c(c(OC)c1)C(C(=O)O)CC2. The fourth-order valence-corrected chi connectivity index (χ4v) is 2.24. The lowest BCUT2D eigenvalue weighted by Gasteiger charge is -2.13. The van der Waals surface area contributed by atoms with Crippen LogP contribution in [0.2, 0.25) is 0 Å². The smallest absolute Gasteiger partial charge is 0.311 e. The molecule has 0 amide bonds. The normalized spacial score (nSPS) is 18.0. The van der Waals surface area contributed by atoms with Gasteiger partial charge in [-0.25, -0.2) is 0 Å². The molecule has 1 aromatic rings. The standard InChI is InChI=1S/C12H14O4/c1-15-8-5-7-3-4-9(12(13)14)11(7)10(6-8)16-2/h5-6,9H,3-4H2,1-2H3,(H,13,14). The first-order chi connectivity index (χ1) is 7.67. The van der Waals surface area contributed by atoms with E-state index in [1.165, 1.54) is 0 Å². The molecule has 4 heteroatoms. The minimum absolute atomic E-state index is 0.448. The predicted octanol–water partition coefficient (Wildman–Crippen LogP) is 1.82. The van der Waals surface area contributed by atoms with Crippen LogP contribution in [0.25, 0.3) is 0 Å². The number of carboxylic acid groups (broad SMARTS) is 1. The lowest BCUT2D eigenvalue weighted by molar-refractivity contribution is -0.138. The van der Waals surface area contributed by atoms with Gasteiger partial charge in [-0.1, -0.05) is 0 Å². The highest BCUT2D eigenvalue weighted by molar-refractivity contribution is 5.79. The monoisotopic (exact) mass is 222 g/mol. The highest BCUT2D eigenvalue weighted by atomic mass is 16.5. The summed E-state index contributed by atoms with van der Waals surface area (Å²) in [5, 5.41) is 9.12. The van der Waals surface area contributed by atoms with Crippen molar-refractivity contribution in [3.8, 4) is 11.5 Å². The maximum Gasteiger partial charge on any atom is 0.311 e. The third-order valence-corrected chi connectivity index (χ3v) is 3.01. The van der Waals surface area contributed by atoms with Gasteiger partial charge in [0.05, 0.1) is 20.1 Å². The summed E-state index contributed by atoms with van der Waals surface area (Å²) in [4.78, 5) is 11.1. The van der Waals surface area contributed by atoms with E-state index in [4.69, 9.17) is 14.6 Å². The molecule has 0 saturated heterocycles. The van der Waals surface area contributed by atoms with Crippen molar-refractivity contribution < 1.29 is 19.4 Å². The first-order valence-corrected chi connectivity index (χ1v) is 5.15. The first-order valence-electron chi connectivity index (χ1n) is 5.15. The van der Waals surface area contributed by atoms with Gasteiger partial charge in [0, 0.05) is 11.6 Å². The second-order valence-corrected chi connectivity index (χ2v) is 3.83. The van der Waals surface area contributed by atoms with E-state index in [2.05, 4.69) is 0 Å². The molecule has 86 valence electrons. The third-order valence-electron chi connectivity index (χ3n) is 3.01. The number of rotatable bonds is 3. The quantitative estimate of drug-likeness (QED) is 0.847. The summed E-state index contributed by atoms with van der Waals surface area (Å²) in [5.74, 6) is 0.0824. The molecule has 0 aromatic heterocycles. The van der Waals surface area contributed by atoms with Crippen molar-refractivity contribution in [2.75, 3.05) is 14.2 Å². The zero-order chi connectivity index (χ0) is 11.7. The number of hydrogen-bond donors (Lipinski definition) is 1. The topological polar surface area (TPSA) is 55.8 Å². The van der Waals surface area contributed by atoms with E-state index >= 15 is 0 Å². The van der Waals surface area contributed by atoms with E-state index < -0.39 is 11.9 Å². The predicted molar refractivity (Wildman–Crippen MR) is 58.2 cm³/mol. The molecule has 0 fully saturated rings. The van der Waals surface area contributed by atoms with Crippen molar-refractivity contribution in [1.82, 2.24) is 0 Å². The number of aryl methyl sites for hydroxylation is 1. The summed E-state index contributed by atoms with van der Waals surface area (Å²) in [6, 6.07) is 3.63. The zero-order valence-corrected chi connectivity index (χ0v) is 9.32. The summed E-state index contributed by atoms with van der Waals surface area (Å²) < 4.78 is 10.4. The number of aliphatic carboxylic acids is 1. The summed E-state index contributed by atoms with van der Waals surface area (Å²) in [7, 11) is 3.14. The number of carboxylic acids is 1. The average Bonchev–Trinajstić information content (AvgIpc) is 2.71. The van der Waals surface area contributed by atoms with Crippen LogP contribution in [0, 0.1) is 0 Å². The van der Waals surface area contributed by atoms with Crippen LogP contribution in [0.5, 0.6) is 11.5 Å². The summed E-state index contributed by atoms with van der Waals surface area (Å²) in [6.45, 7) is 0. The molecule has 16 heavy (non-hydrogen) atoms. The van der Waals surface area contributed by atoms with Crippen LogP contribution in [0.15, 0.2) is 12.1 Å². The Hall–Kier alpha value is -1.71. The fourth-order valence-electron chi connectivity index (χ4n) is 2.24. The largest absolute Gasteiger partial charge is 0.497 e. The second kappa shape index (κ2) is 4.04. The third kappa shape index (κ3) is 1.60. The van der Waals surface area contributed by atoms with Gasteiger partial charge in [-0.3, -0.25) is 4.79 Å². The van der Waals surface area contributed by atoms with E-state index in [1.54, 1.807) is 20.3 Å². The van der Waals surface area contributed by atoms with Crippen molar-refractivity contribution >= 4 is 5.97 Å². The molecule has 2 rings (SSSR count). The van der Waals surface area contributed by atoms with Crippen molar-refractivity contribution in [2.45, 2.75) is 18.8 Å². The van der Waals surface area contributed by atoms with E-state index in [1.807, 2.05) is 6.07 Å². The van der Waals surface area contributed by atoms with E-state index in [-0.39, 0.29) is 0 Å². The first kappa shape index (κ1) is 10.8. The molecule has 0 heterocycles. The summed E-state index contributed by atoms with van der Waals surface area (Å²) in [5.41, 5.74) is 1.82. The van der Waals surface area contributed by atoms with Crippen LogP contribution >= 0.6 is 0 Å². The molecule has 1 atom stereocenters. The van der Waals surface area contributed by atoms with Crippen molar-refractivity contribution in [1.29, 1.82) is 0 Å². The van der Waals surface area contributed by atoms with Gasteiger partial charge in [-0.15, -0.1) is 0 Å². The molecule has 1 aromatic carbocycles. The molecule has 4 nitrogen and oxygen atoms in total. The maximum atomic E-state index is 11.1. The van der Waals surface area contributed by atoms with Crippen molar-refractivity contribution in [2.24, 2.45) is 0 Å². The lowest BCUT2D eigenvalue weighted by Crippen LogP contribution is -2.09. The maximum absolute atomic E-state index is 11.1. The van der Waals surface area contributed by atoms with Crippen molar-refractivity contribution in [3.05, 3.63) is 23.3 Å². The molecule has 1 aliphatic carbocycles. The molecule has 0 radical (unpaired) electrons. The van der Waals surface area contributed by atoms with Gasteiger partial charge < -0.3 is 14.6 Å². The summed E-state index contributed by atoms with van der Waals surface area (Å²) in [6.07, 6.45) is 1.40. The zero-order valence-electron chi connectivity index (χ0n) is 9.32. The average molecular weight is 222 g/mol. The van der Waals surface area contributed by atoms with Crippen LogP contribution in [0.4, 0.5) is 0 Å². The number of fused-ring (bicyclic) bond motifs is 1. The van der Waals surface area contributed by atoms with Gasteiger partial charge in [0.15, 0.2) is 0 Å². The Morgan fingerprint density at radius 1 is 1.38 bits per heavy atom. The number of ether oxygens (including phenoxy) is 2. The van der Waals surface area contributed by atoms with Gasteiger partial charge in [0.1, 0.15) is 11.5 Å². The Labute approximate surface area is 93.8 Å². The van der Waals surface area contributed by atoms with Gasteiger partial charge >= 0.3 is 5.97 Å². The van der Waals surface area contributed by atoms with Crippen LogP contribution in [0.3, 0.4) is 0 Å². The van der Waals surface area contributed by atoms with E-state index in [0.29, 0.717) is 17.9 Å². The molecule has 1 aliphatic rings. The van der Waals surface area contributed by atoms with Crippen LogP contribution in [-0.4, -0.2) is 25.3 Å². The van der Waals surface area contributed by atoms with Gasteiger partial charge in [0.25, 0.3) is 0 Å².